The number of carbonyl (C=O) groups excluding carboxylic acids is 2. The molecule has 1 saturated heterocycles. The molecule has 7 nitrogen and oxygen atoms in total. The van der Waals surface area contributed by atoms with Crippen molar-refractivity contribution in [3.63, 3.8) is 0 Å². The molecule has 2 amide bonds. The number of likely N-dealkylation sites (tertiary alicyclic amines) is 1. The van der Waals surface area contributed by atoms with Gasteiger partial charge < -0.3 is 10.2 Å². The quantitative estimate of drug-likeness (QED) is 0.597. The van der Waals surface area contributed by atoms with Gasteiger partial charge in [-0.3, -0.25) is 14.6 Å². The number of nitrogens with zero attached hydrogens (tertiary/aromatic N) is 2. The fraction of sp³-hybridized carbons (Fsp3) is 0.435. The van der Waals surface area contributed by atoms with E-state index in [0.717, 1.165) is 24.5 Å². The fourth-order valence-corrected chi connectivity index (χ4v) is 4.91. The first-order valence-electron chi connectivity index (χ1n) is 11.0. The second-order valence-electron chi connectivity index (χ2n) is 8.86. The van der Waals surface area contributed by atoms with Gasteiger partial charge in [0.05, 0.1) is 16.5 Å². The first-order chi connectivity index (χ1) is 16.4. The van der Waals surface area contributed by atoms with Crippen molar-refractivity contribution < 1.29 is 35.6 Å². The molecule has 2 heterocycles. The van der Waals surface area contributed by atoms with Gasteiger partial charge in [-0.25, -0.2) is 12.8 Å². The Balaban J connectivity index is 1.54. The molecule has 35 heavy (non-hydrogen) atoms. The van der Waals surface area contributed by atoms with Crippen LogP contribution < -0.4 is 5.32 Å². The van der Waals surface area contributed by atoms with Gasteiger partial charge in [0.15, 0.2) is 9.84 Å². The number of amides is 2. The Morgan fingerprint density at radius 1 is 1.14 bits per heavy atom. The van der Waals surface area contributed by atoms with Crippen molar-refractivity contribution in [1.82, 2.24) is 15.2 Å². The number of carbonyl (C=O) groups is 2. The number of alkyl halides is 3. The molecular formula is C23H23F4N3O4S. The molecule has 0 radical (unpaired) electrons. The summed E-state index contributed by atoms with van der Waals surface area (Å²) in [5, 5.41) is 2.74. The predicted octanol–water partition coefficient (Wildman–Crippen LogP) is 3.52. The second-order valence-corrected chi connectivity index (χ2v) is 10.9. The molecule has 1 aromatic heterocycles. The van der Waals surface area contributed by atoms with Gasteiger partial charge in [-0.1, -0.05) is 6.07 Å². The molecule has 0 unspecified atom stereocenters. The molecule has 2 aliphatic rings. The van der Waals surface area contributed by atoms with E-state index in [1.165, 1.54) is 17.2 Å². The third-order valence-electron chi connectivity index (χ3n) is 6.25. The van der Waals surface area contributed by atoms with E-state index < -0.39 is 51.3 Å². The Morgan fingerprint density at radius 3 is 2.46 bits per heavy atom. The average molecular weight is 514 g/mol. The van der Waals surface area contributed by atoms with Crippen LogP contribution in [0.2, 0.25) is 0 Å². The van der Waals surface area contributed by atoms with Crippen molar-refractivity contribution in [3.05, 3.63) is 59.2 Å². The van der Waals surface area contributed by atoms with Gasteiger partial charge in [0.2, 0.25) is 5.91 Å². The monoisotopic (exact) mass is 513 g/mol. The van der Waals surface area contributed by atoms with Gasteiger partial charge in [-0.05, 0) is 55.9 Å². The summed E-state index contributed by atoms with van der Waals surface area (Å²) in [6.07, 6.45) is -0.284. The van der Waals surface area contributed by atoms with Crippen LogP contribution in [0.1, 0.15) is 53.3 Å². The van der Waals surface area contributed by atoms with Crippen LogP contribution in [0.3, 0.4) is 0 Å². The zero-order valence-electron chi connectivity index (χ0n) is 18.7. The Labute approximate surface area is 199 Å². The Kier molecular flexibility index (Phi) is 6.60. The molecule has 2 atom stereocenters. The average Bonchev–Trinajstić information content (AvgIpc) is 3.51. The minimum absolute atomic E-state index is 0.0350. The summed E-state index contributed by atoms with van der Waals surface area (Å²) in [6.45, 7) is 0.241. The molecule has 12 heteroatoms. The molecule has 1 aliphatic carbocycles. The van der Waals surface area contributed by atoms with Crippen LogP contribution in [-0.4, -0.2) is 49.0 Å². The number of hydrogen-bond acceptors (Lipinski definition) is 5. The number of benzene rings is 1. The summed E-state index contributed by atoms with van der Waals surface area (Å²) in [5.74, 6) is -2.34. The van der Waals surface area contributed by atoms with Crippen LogP contribution in [0.25, 0.3) is 0 Å². The molecule has 2 fully saturated rings. The minimum Gasteiger partial charge on any atom is -0.347 e. The van der Waals surface area contributed by atoms with Crippen LogP contribution in [0.15, 0.2) is 41.4 Å². The lowest BCUT2D eigenvalue weighted by Gasteiger charge is -2.27. The van der Waals surface area contributed by atoms with Crippen molar-refractivity contribution >= 4 is 21.7 Å². The van der Waals surface area contributed by atoms with Gasteiger partial charge >= 0.3 is 6.18 Å². The van der Waals surface area contributed by atoms with Crippen molar-refractivity contribution in [2.45, 2.75) is 48.8 Å². The highest BCUT2D eigenvalue weighted by atomic mass is 32.2. The maximum Gasteiger partial charge on any atom is 0.416 e. The van der Waals surface area contributed by atoms with Crippen LogP contribution in [0.5, 0.6) is 0 Å². The molecule has 1 saturated carbocycles. The molecule has 1 N–H and O–H groups in total. The van der Waals surface area contributed by atoms with Crippen molar-refractivity contribution in [2.24, 2.45) is 5.92 Å². The highest BCUT2D eigenvalue weighted by molar-refractivity contribution is 7.90. The van der Waals surface area contributed by atoms with E-state index in [4.69, 9.17) is 0 Å². The minimum atomic E-state index is -4.69. The summed E-state index contributed by atoms with van der Waals surface area (Å²) in [4.78, 5) is 31.4. The van der Waals surface area contributed by atoms with E-state index in [1.807, 2.05) is 0 Å². The number of nitrogens with one attached hydrogen (secondary N) is 1. The maximum absolute atomic E-state index is 14.6. The van der Waals surface area contributed by atoms with E-state index in [9.17, 15) is 35.6 Å². The third-order valence-corrected chi connectivity index (χ3v) is 7.36. The molecular weight excluding hydrogens is 490 g/mol. The van der Waals surface area contributed by atoms with Crippen molar-refractivity contribution in [1.29, 1.82) is 0 Å². The van der Waals surface area contributed by atoms with E-state index in [0.29, 0.717) is 31.7 Å². The van der Waals surface area contributed by atoms with Gasteiger partial charge in [0.25, 0.3) is 5.91 Å². The topological polar surface area (TPSA) is 96.4 Å². The lowest BCUT2D eigenvalue weighted by molar-refractivity contribution is -0.137. The molecule has 1 aliphatic heterocycles. The number of pyridine rings is 1. The first-order valence-corrected chi connectivity index (χ1v) is 12.9. The molecule has 0 spiro atoms. The van der Waals surface area contributed by atoms with Crippen LogP contribution in [0.4, 0.5) is 17.6 Å². The standard InChI is InChI=1S/C23H23F4N3O4S/c1-35(33,34)15-8-9-28-18(12-15)22(32)30-10-2-3-19(30)21(31)29-20(13-4-5-13)16-7-6-14(11-17(16)24)23(25,26)27/h6-9,11-13,19-20H,2-5,10H2,1H3,(H,29,31)/t19-,20-/m1/s1. The van der Waals surface area contributed by atoms with Gasteiger partial charge in [0.1, 0.15) is 17.6 Å². The number of halogens is 4. The van der Waals surface area contributed by atoms with Crippen LogP contribution >= 0.6 is 0 Å². The zero-order valence-corrected chi connectivity index (χ0v) is 19.5. The fourth-order valence-electron chi connectivity index (χ4n) is 4.27. The summed E-state index contributed by atoms with van der Waals surface area (Å²) in [5.41, 5.74) is -1.27. The number of hydrogen-bond donors (Lipinski definition) is 1. The summed E-state index contributed by atoms with van der Waals surface area (Å²) in [7, 11) is -3.57. The van der Waals surface area contributed by atoms with E-state index in [1.54, 1.807) is 0 Å². The van der Waals surface area contributed by atoms with E-state index in [2.05, 4.69) is 10.3 Å². The number of sulfone groups is 1. The highest BCUT2D eigenvalue weighted by Gasteiger charge is 2.41. The van der Waals surface area contributed by atoms with Gasteiger partial charge in [-0.15, -0.1) is 0 Å². The maximum atomic E-state index is 14.6. The molecule has 4 rings (SSSR count). The molecule has 0 bridgehead atoms. The summed E-state index contributed by atoms with van der Waals surface area (Å²) in [6, 6.07) is 2.93. The smallest absolute Gasteiger partial charge is 0.347 e. The number of rotatable bonds is 6. The van der Waals surface area contributed by atoms with E-state index >= 15 is 0 Å². The first kappa shape index (κ1) is 25.1. The Morgan fingerprint density at radius 2 is 1.86 bits per heavy atom. The molecule has 188 valence electrons. The van der Waals surface area contributed by atoms with E-state index in [-0.39, 0.29) is 28.6 Å². The van der Waals surface area contributed by atoms with Gasteiger partial charge in [-0.2, -0.15) is 13.2 Å². The molecule has 2 aromatic rings. The predicted molar refractivity (Wildman–Crippen MR) is 116 cm³/mol. The zero-order chi connectivity index (χ0) is 25.5. The largest absolute Gasteiger partial charge is 0.416 e. The Hall–Kier alpha value is -3.02. The van der Waals surface area contributed by atoms with Crippen molar-refractivity contribution in [2.75, 3.05) is 12.8 Å². The van der Waals surface area contributed by atoms with Gasteiger partial charge in [0, 0.05) is 24.6 Å². The summed E-state index contributed by atoms with van der Waals surface area (Å²) >= 11 is 0. The lowest BCUT2D eigenvalue weighted by atomic mass is 9.99. The normalized spacial score (nSPS) is 19.5. The SMILES string of the molecule is CS(=O)(=O)c1ccnc(C(=O)N2CCC[C@@H]2C(=O)N[C@@H](c2ccc(C(F)(F)F)cc2F)C2CC2)c1. The Bertz CT molecular complexity index is 1260. The molecule has 1 aromatic carbocycles. The lowest BCUT2D eigenvalue weighted by Crippen LogP contribution is -2.47. The van der Waals surface area contributed by atoms with Crippen LogP contribution in [-0.2, 0) is 20.8 Å². The summed E-state index contributed by atoms with van der Waals surface area (Å²) < 4.78 is 77.0. The number of aromatic nitrogens is 1. The third kappa shape index (κ3) is 5.47. The van der Waals surface area contributed by atoms with Crippen molar-refractivity contribution in [3.8, 4) is 0 Å². The highest BCUT2D eigenvalue weighted by Crippen LogP contribution is 2.43. The second kappa shape index (κ2) is 9.21. The van der Waals surface area contributed by atoms with Crippen LogP contribution in [0, 0.1) is 11.7 Å².